The third-order valence-electron chi connectivity index (χ3n) is 1.45. The van der Waals surface area contributed by atoms with Crippen molar-refractivity contribution in [2.75, 3.05) is 20.0 Å². The van der Waals surface area contributed by atoms with Crippen LogP contribution in [-0.2, 0) is 11.3 Å². The van der Waals surface area contributed by atoms with Gasteiger partial charge in [-0.25, -0.2) is 4.98 Å². The highest BCUT2D eigenvalue weighted by Crippen LogP contribution is 2.10. The molecule has 0 amide bonds. The highest BCUT2D eigenvalue weighted by atomic mass is 32.2. The average molecular weight is 196 g/mol. The van der Waals surface area contributed by atoms with Crippen LogP contribution in [0.5, 0.6) is 0 Å². The van der Waals surface area contributed by atoms with Gasteiger partial charge in [-0.1, -0.05) is 23.6 Å². The molecule has 13 heavy (non-hydrogen) atoms. The van der Waals surface area contributed by atoms with Crippen LogP contribution in [0.15, 0.2) is 17.6 Å². The maximum Gasteiger partial charge on any atom is 0.168 e. The van der Waals surface area contributed by atoms with Gasteiger partial charge in [0.05, 0.1) is 6.54 Å². The molecular weight excluding hydrogens is 184 g/mol. The van der Waals surface area contributed by atoms with Crippen LogP contribution in [0.2, 0.25) is 0 Å². The van der Waals surface area contributed by atoms with Crippen molar-refractivity contribution >= 4 is 11.8 Å². The molecule has 1 rings (SSSR count). The van der Waals surface area contributed by atoms with Gasteiger partial charge in [0.2, 0.25) is 0 Å². The number of aromatic nitrogens is 2. The molecule has 0 fully saturated rings. The number of methoxy groups -OCH3 is 1. The van der Waals surface area contributed by atoms with E-state index in [0.717, 1.165) is 5.16 Å². The van der Waals surface area contributed by atoms with Crippen LogP contribution < -0.4 is 0 Å². The summed E-state index contributed by atoms with van der Waals surface area (Å²) in [7, 11) is 1.64. The fourth-order valence-electron chi connectivity index (χ4n) is 0.870. The second kappa shape index (κ2) is 5.68. The van der Waals surface area contributed by atoms with Gasteiger partial charge in [-0.3, -0.25) is 0 Å². The third-order valence-corrected chi connectivity index (χ3v) is 2.16. The standard InChI is InChI=1S/C9H12N2OS/c1-12-8-4-3-6-11-7-5-10-9(11)13-2/h5,7H,6,8H2,1-2H3. The van der Waals surface area contributed by atoms with E-state index in [1.165, 1.54) is 0 Å². The van der Waals surface area contributed by atoms with Crippen molar-refractivity contribution in [2.24, 2.45) is 0 Å². The Morgan fingerprint density at radius 1 is 1.62 bits per heavy atom. The summed E-state index contributed by atoms with van der Waals surface area (Å²) in [6.07, 6.45) is 5.71. The number of hydrogen-bond donors (Lipinski definition) is 0. The van der Waals surface area contributed by atoms with Gasteiger partial charge >= 0.3 is 0 Å². The molecule has 1 aromatic rings. The van der Waals surface area contributed by atoms with Gasteiger partial charge in [-0.05, 0) is 6.26 Å². The maximum atomic E-state index is 4.81. The second-order valence-electron chi connectivity index (χ2n) is 2.33. The molecule has 0 saturated heterocycles. The number of rotatable bonds is 3. The molecule has 3 nitrogen and oxygen atoms in total. The van der Waals surface area contributed by atoms with Crippen molar-refractivity contribution in [1.82, 2.24) is 9.55 Å². The Bertz CT molecular complexity index is 311. The Hall–Kier alpha value is -0.920. The third kappa shape index (κ3) is 3.13. The van der Waals surface area contributed by atoms with Crippen LogP contribution in [0, 0.1) is 11.8 Å². The molecule has 0 N–H and O–H groups in total. The second-order valence-corrected chi connectivity index (χ2v) is 3.10. The van der Waals surface area contributed by atoms with Crippen LogP contribution in [0.4, 0.5) is 0 Å². The van der Waals surface area contributed by atoms with E-state index >= 15 is 0 Å². The van der Waals surface area contributed by atoms with Gasteiger partial charge in [-0.2, -0.15) is 0 Å². The first-order chi connectivity index (χ1) is 6.38. The minimum absolute atomic E-state index is 0.489. The number of nitrogens with zero attached hydrogens (tertiary/aromatic N) is 2. The molecule has 0 radical (unpaired) electrons. The average Bonchev–Trinajstić information content (AvgIpc) is 2.60. The zero-order chi connectivity index (χ0) is 9.52. The fourth-order valence-corrected chi connectivity index (χ4v) is 1.40. The summed E-state index contributed by atoms with van der Waals surface area (Å²) in [5, 5.41) is 0.992. The van der Waals surface area contributed by atoms with E-state index in [1.54, 1.807) is 25.1 Å². The molecule has 4 heteroatoms. The van der Waals surface area contributed by atoms with Crippen molar-refractivity contribution < 1.29 is 4.74 Å². The van der Waals surface area contributed by atoms with Crippen molar-refractivity contribution in [1.29, 1.82) is 0 Å². The summed E-state index contributed by atoms with van der Waals surface area (Å²) in [5.74, 6) is 5.89. The molecule has 0 unspecified atom stereocenters. The zero-order valence-corrected chi connectivity index (χ0v) is 8.60. The smallest absolute Gasteiger partial charge is 0.168 e. The van der Waals surface area contributed by atoms with Gasteiger partial charge in [0.15, 0.2) is 5.16 Å². The number of ether oxygens (including phenoxy) is 1. The van der Waals surface area contributed by atoms with Gasteiger partial charge in [0.1, 0.15) is 6.61 Å². The summed E-state index contributed by atoms with van der Waals surface area (Å²) < 4.78 is 6.82. The molecule has 0 spiro atoms. The predicted octanol–water partition coefficient (Wildman–Crippen LogP) is 1.25. The van der Waals surface area contributed by atoms with Gasteiger partial charge in [0, 0.05) is 19.5 Å². The van der Waals surface area contributed by atoms with Crippen LogP contribution in [0.3, 0.4) is 0 Å². The summed E-state index contributed by atoms with van der Waals surface area (Å²) >= 11 is 1.62. The Kier molecular flexibility index (Phi) is 4.44. The summed E-state index contributed by atoms with van der Waals surface area (Å²) in [4.78, 5) is 4.16. The van der Waals surface area contributed by atoms with Crippen LogP contribution >= 0.6 is 11.8 Å². The molecule has 0 aliphatic carbocycles. The lowest BCUT2D eigenvalue weighted by Crippen LogP contribution is -1.96. The lowest BCUT2D eigenvalue weighted by Gasteiger charge is -1.98. The molecular formula is C9H12N2OS. The molecule has 1 aromatic heterocycles. The SMILES string of the molecule is COCC#CCn1ccnc1SC. The largest absolute Gasteiger partial charge is 0.372 e. The highest BCUT2D eigenvalue weighted by molar-refractivity contribution is 7.98. The molecule has 0 aliphatic heterocycles. The monoisotopic (exact) mass is 196 g/mol. The Labute approximate surface area is 82.5 Å². The van der Waals surface area contributed by atoms with Crippen molar-refractivity contribution in [3.63, 3.8) is 0 Å². The van der Waals surface area contributed by atoms with E-state index in [1.807, 2.05) is 17.0 Å². The predicted molar refractivity (Wildman–Crippen MR) is 53.7 cm³/mol. The number of thioether (sulfide) groups is 1. The van der Waals surface area contributed by atoms with Crippen molar-refractivity contribution in [3.8, 4) is 11.8 Å². The van der Waals surface area contributed by atoms with E-state index in [4.69, 9.17) is 4.74 Å². The fraction of sp³-hybridized carbons (Fsp3) is 0.444. The normalized spacial score (nSPS) is 9.38. The first-order valence-corrected chi connectivity index (χ1v) is 5.10. The molecule has 0 atom stereocenters. The highest BCUT2D eigenvalue weighted by Gasteiger charge is 1.96. The van der Waals surface area contributed by atoms with E-state index in [0.29, 0.717) is 13.2 Å². The zero-order valence-electron chi connectivity index (χ0n) is 7.78. The summed E-state index contributed by atoms with van der Waals surface area (Å²) in [5.41, 5.74) is 0. The minimum Gasteiger partial charge on any atom is -0.372 e. The first-order valence-electron chi connectivity index (χ1n) is 3.88. The van der Waals surface area contributed by atoms with Crippen LogP contribution in [-0.4, -0.2) is 29.5 Å². The number of hydrogen-bond acceptors (Lipinski definition) is 3. The molecule has 0 saturated carbocycles. The molecule has 0 aromatic carbocycles. The topological polar surface area (TPSA) is 27.1 Å². The Balaban J connectivity index is 2.50. The molecule has 1 heterocycles. The van der Waals surface area contributed by atoms with E-state index in [2.05, 4.69) is 16.8 Å². The van der Waals surface area contributed by atoms with Crippen LogP contribution in [0.1, 0.15) is 0 Å². The van der Waals surface area contributed by atoms with Gasteiger partial charge in [0.25, 0.3) is 0 Å². The summed E-state index contributed by atoms with van der Waals surface area (Å²) in [6, 6.07) is 0. The van der Waals surface area contributed by atoms with E-state index < -0.39 is 0 Å². The minimum atomic E-state index is 0.489. The molecule has 0 aliphatic rings. The molecule has 0 bridgehead atoms. The summed E-state index contributed by atoms with van der Waals surface area (Å²) in [6.45, 7) is 1.17. The lowest BCUT2D eigenvalue weighted by molar-refractivity contribution is 0.239. The van der Waals surface area contributed by atoms with E-state index in [9.17, 15) is 0 Å². The Morgan fingerprint density at radius 2 is 2.46 bits per heavy atom. The lowest BCUT2D eigenvalue weighted by atomic mass is 10.5. The Morgan fingerprint density at radius 3 is 3.15 bits per heavy atom. The quantitative estimate of drug-likeness (QED) is 0.538. The van der Waals surface area contributed by atoms with Gasteiger partial charge < -0.3 is 9.30 Å². The van der Waals surface area contributed by atoms with E-state index in [-0.39, 0.29) is 0 Å². The number of imidazole rings is 1. The maximum absolute atomic E-state index is 4.81. The van der Waals surface area contributed by atoms with Crippen molar-refractivity contribution in [2.45, 2.75) is 11.7 Å². The van der Waals surface area contributed by atoms with Crippen LogP contribution in [0.25, 0.3) is 0 Å². The molecule has 70 valence electrons. The van der Waals surface area contributed by atoms with Gasteiger partial charge in [-0.15, -0.1) is 0 Å². The first kappa shape index (κ1) is 10.2. The van der Waals surface area contributed by atoms with Crippen molar-refractivity contribution in [3.05, 3.63) is 12.4 Å².